The summed E-state index contributed by atoms with van der Waals surface area (Å²) in [6.07, 6.45) is 4.83. The van der Waals surface area contributed by atoms with E-state index in [2.05, 4.69) is 14.6 Å². The number of nitrogens with zero attached hydrogens (tertiary/aromatic N) is 2. The van der Waals surface area contributed by atoms with Gasteiger partial charge in [0.1, 0.15) is 0 Å². The minimum atomic E-state index is -3.44. The minimum absolute atomic E-state index is 0.269. The summed E-state index contributed by atoms with van der Waals surface area (Å²) in [6, 6.07) is 6.83. The standard InChI is InChI=1S/C18H30N4O2S/c1-15(2)13-21-25(23,24)17-9-7-16(8-10-17)14-20-18(19)22-11-5-3-4-6-12-22/h7-10,15,21H,3-6,11-14H2,1-2H3,(H2,19,20). The number of rotatable bonds is 6. The van der Waals surface area contributed by atoms with E-state index in [0.717, 1.165) is 31.5 Å². The van der Waals surface area contributed by atoms with Crippen molar-refractivity contribution in [2.75, 3.05) is 19.6 Å². The quantitative estimate of drug-likeness (QED) is 0.597. The highest BCUT2D eigenvalue weighted by Gasteiger charge is 2.14. The van der Waals surface area contributed by atoms with E-state index in [1.165, 1.54) is 12.8 Å². The molecular formula is C18H30N4O2S. The molecule has 6 nitrogen and oxygen atoms in total. The second kappa shape index (κ2) is 9.20. The molecule has 1 heterocycles. The molecule has 0 atom stereocenters. The molecule has 2 rings (SSSR count). The minimum Gasteiger partial charge on any atom is -0.370 e. The van der Waals surface area contributed by atoms with Gasteiger partial charge in [-0.15, -0.1) is 0 Å². The maximum atomic E-state index is 12.2. The maximum absolute atomic E-state index is 12.2. The monoisotopic (exact) mass is 366 g/mol. The number of hydrogen-bond donors (Lipinski definition) is 2. The van der Waals surface area contributed by atoms with Crippen LogP contribution in [-0.4, -0.2) is 38.9 Å². The van der Waals surface area contributed by atoms with Crippen LogP contribution in [0.3, 0.4) is 0 Å². The second-order valence-electron chi connectivity index (χ2n) is 6.97. The van der Waals surface area contributed by atoms with Crippen LogP contribution in [0.1, 0.15) is 45.1 Å². The van der Waals surface area contributed by atoms with Crippen LogP contribution in [0.2, 0.25) is 0 Å². The Labute approximate surface area is 151 Å². The van der Waals surface area contributed by atoms with Gasteiger partial charge in [0.2, 0.25) is 10.0 Å². The van der Waals surface area contributed by atoms with Crippen LogP contribution >= 0.6 is 0 Å². The largest absolute Gasteiger partial charge is 0.370 e. The molecule has 1 aliphatic rings. The van der Waals surface area contributed by atoms with E-state index >= 15 is 0 Å². The maximum Gasteiger partial charge on any atom is 0.240 e. The first-order chi connectivity index (χ1) is 11.9. The van der Waals surface area contributed by atoms with Gasteiger partial charge in [-0.2, -0.15) is 0 Å². The van der Waals surface area contributed by atoms with Crippen molar-refractivity contribution in [2.45, 2.75) is 51.0 Å². The molecule has 25 heavy (non-hydrogen) atoms. The average Bonchev–Trinajstić information content (AvgIpc) is 2.88. The molecule has 0 amide bonds. The van der Waals surface area contributed by atoms with Crippen LogP contribution in [0.5, 0.6) is 0 Å². The third kappa shape index (κ3) is 6.32. The van der Waals surface area contributed by atoms with Crippen LogP contribution in [-0.2, 0) is 16.6 Å². The Morgan fingerprint density at radius 1 is 1.16 bits per heavy atom. The first-order valence-corrected chi connectivity index (χ1v) is 10.5. The first kappa shape index (κ1) is 19.7. The Morgan fingerprint density at radius 2 is 1.76 bits per heavy atom. The van der Waals surface area contributed by atoms with E-state index in [0.29, 0.717) is 19.0 Å². The SMILES string of the molecule is CC(C)CNS(=O)(=O)c1ccc(CN=C(N)N2CCCCCC2)cc1. The Bertz CT molecular complexity index is 661. The second-order valence-corrected chi connectivity index (χ2v) is 8.73. The molecule has 1 saturated heterocycles. The molecule has 0 aliphatic carbocycles. The van der Waals surface area contributed by atoms with E-state index in [1.54, 1.807) is 24.3 Å². The fraction of sp³-hybridized carbons (Fsp3) is 0.611. The molecule has 0 spiro atoms. The van der Waals surface area contributed by atoms with Crippen molar-refractivity contribution in [3.05, 3.63) is 29.8 Å². The molecule has 0 unspecified atom stereocenters. The summed E-state index contributed by atoms with van der Waals surface area (Å²) >= 11 is 0. The van der Waals surface area contributed by atoms with Crippen molar-refractivity contribution in [2.24, 2.45) is 16.6 Å². The number of likely N-dealkylation sites (tertiary alicyclic amines) is 1. The van der Waals surface area contributed by atoms with Crippen molar-refractivity contribution < 1.29 is 8.42 Å². The Balaban J connectivity index is 1.96. The molecule has 3 N–H and O–H groups in total. The number of hydrogen-bond acceptors (Lipinski definition) is 3. The van der Waals surface area contributed by atoms with Gasteiger partial charge in [0, 0.05) is 19.6 Å². The molecule has 1 fully saturated rings. The zero-order valence-electron chi connectivity index (χ0n) is 15.2. The Kier molecular flexibility index (Phi) is 7.25. The highest BCUT2D eigenvalue weighted by molar-refractivity contribution is 7.89. The van der Waals surface area contributed by atoms with Gasteiger partial charge in [0.25, 0.3) is 0 Å². The van der Waals surface area contributed by atoms with E-state index in [-0.39, 0.29) is 10.8 Å². The van der Waals surface area contributed by atoms with Crippen molar-refractivity contribution in [3.8, 4) is 0 Å². The summed E-state index contributed by atoms with van der Waals surface area (Å²) in [7, 11) is -3.44. The number of nitrogens with two attached hydrogens (primary N) is 1. The molecule has 1 aromatic rings. The number of benzene rings is 1. The number of guanidine groups is 1. The fourth-order valence-corrected chi connectivity index (χ4v) is 3.92. The van der Waals surface area contributed by atoms with Gasteiger partial charge in [0.15, 0.2) is 5.96 Å². The van der Waals surface area contributed by atoms with Crippen LogP contribution in [0.15, 0.2) is 34.2 Å². The van der Waals surface area contributed by atoms with Crippen molar-refractivity contribution in [1.29, 1.82) is 0 Å². The lowest BCUT2D eigenvalue weighted by Crippen LogP contribution is -2.38. The molecule has 0 radical (unpaired) electrons. The Morgan fingerprint density at radius 3 is 2.32 bits per heavy atom. The van der Waals surface area contributed by atoms with E-state index in [1.807, 2.05) is 13.8 Å². The first-order valence-electron chi connectivity index (χ1n) is 9.02. The summed E-state index contributed by atoms with van der Waals surface area (Å²) < 4.78 is 27.0. The number of sulfonamides is 1. The van der Waals surface area contributed by atoms with Gasteiger partial charge in [-0.05, 0) is 36.5 Å². The topological polar surface area (TPSA) is 87.8 Å². The summed E-state index contributed by atoms with van der Waals surface area (Å²) in [5.41, 5.74) is 7.05. The van der Waals surface area contributed by atoms with Crippen LogP contribution in [0, 0.1) is 5.92 Å². The van der Waals surface area contributed by atoms with E-state index in [4.69, 9.17) is 5.73 Å². The van der Waals surface area contributed by atoms with Crippen molar-refractivity contribution in [1.82, 2.24) is 9.62 Å². The van der Waals surface area contributed by atoms with Crippen molar-refractivity contribution in [3.63, 3.8) is 0 Å². The van der Waals surface area contributed by atoms with Crippen LogP contribution in [0.4, 0.5) is 0 Å². The molecular weight excluding hydrogens is 336 g/mol. The molecule has 7 heteroatoms. The lowest BCUT2D eigenvalue weighted by atomic mass is 10.2. The summed E-state index contributed by atoms with van der Waals surface area (Å²) in [4.78, 5) is 6.89. The Hall–Kier alpha value is -1.60. The molecule has 140 valence electrons. The van der Waals surface area contributed by atoms with Gasteiger partial charge in [-0.25, -0.2) is 18.1 Å². The zero-order valence-corrected chi connectivity index (χ0v) is 16.1. The molecule has 1 aromatic carbocycles. The third-order valence-corrected chi connectivity index (χ3v) is 5.71. The highest BCUT2D eigenvalue weighted by Crippen LogP contribution is 2.13. The number of aliphatic imine (C=N–C) groups is 1. The van der Waals surface area contributed by atoms with Gasteiger partial charge < -0.3 is 10.6 Å². The van der Waals surface area contributed by atoms with Crippen LogP contribution in [0.25, 0.3) is 0 Å². The van der Waals surface area contributed by atoms with Gasteiger partial charge in [0.05, 0.1) is 11.4 Å². The summed E-state index contributed by atoms with van der Waals surface area (Å²) in [5, 5.41) is 0. The summed E-state index contributed by atoms with van der Waals surface area (Å²) in [5.74, 6) is 0.850. The molecule has 0 bridgehead atoms. The van der Waals surface area contributed by atoms with Crippen LogP contribution < -0.4 is 10.5 Å². The molecule has 0 saturated carbocycles. The average molecular weight is 367 g/mol. The number of nitrogens with one attached hydrogen (secondary N) is 1. The van der Waals surface area contributed by atoms with Gasteiger partial charge in [-0.3, -0.25) is 0 Å². The van der Waals surface area contributed by atoms with Gasteiger partial charge >= 0.3 is 0 Å². The fourth-order valence-electron chi connectivity index (χ4n) is 2.71. The molecule has 1 aliphatic heterocycles. The predicted octanol–water partition coefficient (Wildman–Crippen LogP) is 2.31. The smallest absolute Gasteiger partial charge is 0.240 e. The summed E-state index contributed by atoms with van der Waals surface area (Å²) in [6.45, 7) is 6.77. The van der Waals surface area contributed by atoms with Gasteiger partial charge in [-0.1, -0.05) is 38.8 Å². The van der Waals surface area contributed by atoms with E-state index < -0.39 is 10.0 Å². The predicted molar refractivity (Wildman–Crippen MR) is 102 cm³/mol. The van der Waals surface area contributed by atoms with E-state index in [9.17, 15) is 8.42 Å². The lowest BCUT2D eigenvalue weighted by molar-refractivity contribution is 0.428. The third-order valence-electron chi connectivity index (χ3n) is 4.27. The zero-order chi connectivity index (χ0) is 18.3. The lowest BCUT2D eigenvalue weighted by Gasteiger charge is -2.21. The normalized spacial score (nSPS) is 16.9. The highest BCUT2D eigenvalue weighted by atomic mass is 32.2. The van der Waals surface area contributed by atoms with Crippen molar-refractivity contribution >= 4 is 16.0 Å². The molecule has 0 aromatic heterocycles.